The van der Waals surface area contributed by atoms with E-state index in [1.165, 1.54) is 6.20 Å². The third-order valence-electron chi connectivity index (χ3n) is 5.06. The normalized spacial score (nSPS) is 25.0. The number of carboxylic acids is 1. The Hall–Kier alpha value is -1.76. The lowest BCUT2D eigenvalue weighted by Gasteiger charge is -2.49. The van der Waals surface area contributed by atoms with Crippen LogP contribution in [0, 0.1) is 5.41 Å². The van der Waals surface area contributed by atoms with Crippen molar-refractivity contribution in [1.82, 2.24) is 9.29 Å². The van der Waals surface area contributed by atoms with E-state index in [1.54, 1.807) is 22.6 Å². The first-order valence-electron chi connectivity index (χ1n) is 9.42. The van der Waals surface area contributed by atoms with E-state index in [1.807, 2.05) is 6.92 Å². The Balaban J connectivity index is 0.000000396. The molecule has 2 fully saturated rings. The molecular formula is C18H25F3N2O6S. The lowest BCUT2D eigenvalue weighted by molar-refractivity contribution is -0.192. The van der Waals surface area contributed by atoms with Gasteiger partial charge in [0.2, 0.25) is 10.0 Å². The molecule has 0 amide bonds. The molecule has 3 heterocycles. The summed E-state index contributed by atoms with van der Waals surface area (Å²) < 4.78 is 70.7. The molecular weight excluding hydrogens is 429 g/mol. The summed E-state index contributed by atoms with van der Waals surface area (Å²) in [5.41, 5.74) is -0.234. The number of piperidine rings is 1. The van der Waals surface area contributed by atoms with Crippen LogP contribution in [0.25, 0.3) is 0 Å². The predicted molar refractivity (Wildman–Crippen MR) is 99.2 cm³/mol. The number of carbonyl (C=O) groups is 1. The zero-order chi connectivity index (χ0) is 22.4. The molecule has 2 aliphatic rings. The van der Waals surface area contributed by atoms with Gasteiger partial charge >= 0.3 is 12.1 Å². The first-order chi connectivity index (χ1) is 14.0. The van der Waals surface area contributed by atoms with Crippen LogP contribution in [0.2, 0.25) is 0 Å². The SMILES string of the molecule is CCOCC12CCCOC1CCN(S(=O)(=O)c1cccnc1)C2.O=C(O)C(F)(F)F. The highest BCUT2D eigenvalue weighted by Gasteiger charge is 2.48. The van der Waals surface area contributed by atoms with Gasteiger partial charge in [-0.2, -0.15) is 17.5 Å². The first-order valence-corrected chi connectivity index (χ1v) is 10.9. The molecule has 30 heavy (non-hydrogen) atoms. The maximum atomic E-state index is 12.9. The predicted octanol–water partition coefficient (Wildman–Crippen LogP) is 2.31. The number of rotatable bonds is 5. The zero-order valence-electron chi connectivity index (χ0n) is 16.5. The van der Waals surface area contributed by atoms with Gasteiger partial charge in [0.1, 0.15) is 4.90 Å². The van der Waals surface area contributed by atoms with Crippen LogP contribution in [-0.2, 0) is 24.3 Å². The number of ether oxygens (including phenoxy) is 2. The average molecular weight is 454 g/mol. The molecule has 3 rings (SSSR count). The van der Waals surface area contributed by atoms with Gasteiger partial charge in [0.15, 0.2) is 0 Å². The summed E-state index contributed by atoms with van der Waals surface area (Å²) in [6, 6.07) is 3.25. The van der Waals surface area contributed by atoms with Crippen molar-refractivity contribution in [1.29, 1.82) is 0 Å². The van der Waals surface area contributed by atoms with Crippen LogP contribution in [-0.4, -0.2) is 74.0 Å². The van der Waals surface area contributed by atoms with Gasteiger partial charge in [0.05, 0.1) is 12.7 Å². The summed E-state index contributed by atoms with van der Waals surface area (Å²) in [5.74, 6) is -2.76. The minimum Gasteiger partial charge on any atom is -0.475 e. The Morgan fingerprint density at radius 2 is 2.17 bits per heavy atom. The first kappa shape index (κ1) is 24.5. The molecule has 2 atom stereocenters. The molecule has 0 spiro atoms. The number of halogens is 3. The molecule has 0 aliphatic carbocycles. The van der Waals surface area contributed by atoms with E-state index < -0.39 is 22.2 Å². The Bertz CT molecular complexity index is 806. The number of sulfonamides is 1. The van der Waals surface area contributed by atoms with Gasteiger partial charge in [0, 0.05) is 44.1 Å². The summed E-state index contributed by atoms with van der Waals surface area (Å²) >= 11 is 0. The Kier molecular flexibility index (Phi) is 8.20. The van der Waals surface area contributed by atoms with Crippen molar-refractivity contribution in [3.63, 3.8) is 0 Å². The van der Waals surface area contributed by atoms with Gasteiger partial charge in [0.25, 0.3) is 0 Å². The second kappa shape index (κ2) is 10.0. The van der Waals surface area contributed by atoms with Crippen molar-refractivity contribution in [2.75, 3.05) is 32.9 Å². The quantitative estimate of drug-likeness (QED) is 0.728. The van der Waals surface area contributed by atoms with Crippen LogP contribution in [0.5, 0.6) is 0 Å². The van der Waals surface area contributed by atoms with E-state index in [2.05, 4.69) is 4.98 Å². The molecule has 0 radical (unpaired) electrons. The van der Waals surface area contributed by atoms with Crippen LogP contribution in [0.1, 0.15) is 26.2 Å². The molecule has 170 valence electrons. The largest absolute Gasteiger partial charge is 0.490 e. The minimum atomic E-state index is -5.08. The molecule has 1 aromatic rings. The summed E-state index contributed by atoms with van der Waals surface area (Å²) in [6.45, 7) is 4.83. The van der Waals surface area contributed by atoms with Crippen molar-refractivity contribution in [2.45, 2.75) is 43.4 Å². The van der Waals surface area contributed by atoms with Gasteiger partial charge < -0.3 is 14.6 Å². The van der Waals surface area contributed by atoms with Gasteiger partial charge in [-0.1, -0.05) is 0 Å². The highest BCUT2D eigenvalue weighted by Crippen LogP contribution is 2.41. The molecule has 2 unspecified atom stereocenters. The molecule has 0 bridgehead atoms. The molecule has 0 saturated carbocycles. The number of aromatic nitrogens is 1. The van der Waals surface area contributed by atoms with Crippen LogP contribution in [0.4, 0.5) is 13.2 Å². The molecule has 8 nitrogen and oxygen atoms in total. The molecule has 1 aromatic heterocycles. The van der Waals surface area contributed by atoms with Crippen LogP contribution in [0.15, 0.2) is 29.4 Å². The maximum absolute atomic E-state index is 12.9. The monoisotopic (exact) mass is 454 g/mol. The van der Waals surface area contributed by atoms with Crippen LogP contribution < -0.4 is 0 Å². The average Bonchev–Trinajstić information content (AvgIpc) is 2.72. The molecule has 2 saturated heterocycles. The van der Waals surface area contributed by atoms with E-state index in [0.29, 0.717) is 32.7 Å². The zero-order valence-corrected chi connectivity index (χ0v) is 17.3. The van der Waals surface area contributed by atoms with Gasteiger partial charge in [-0.05, 0) is 38.3 Å². The van der Waals surface area contributed by atoms with E-state index in [9.17, 15) is 21.6 Å². The molecule has 12 heteroatoms. The second-order valence-electron chi connectivity index (χ2n) is 7.08. The topological polar surface area (TPSA) is 106 Å². The number of alkyl halides is 3. The smallest absolute Gasteiger partial charge is 0.475 e. The summed E-state index contributed by atoms with van der Waals surface area (Å²) in [5, 5.41) is 7.12. The third kappa shape index (κ3) is 5.90. The van der Waals surface area contributed by atoms with E-state index in [-0.39, 0.29) is 16.4 Å². The molecule has 2 aliphatic heterocycles. The fourth-order valence-corrected chi connectivity index (χ4v) is 5.14. The van der Waals surface area contributed by atoms with Gasteiger partial charge in [-0.3, -0.25) is 4.98 Å². The number of aliphatic carboxylic acids is 1. The van der Waals surface area contributed by atoms with E-state index in [0.717, 1.165) is 19.4 Å². The summed E-state index contributed by atoms with van der Waals surface area (Å²) in [4.78, 5) is 13.1. The number of hydrogen-bond donors (Lipinski definition) is 1. The highest BCUT2D eigenvalue weighted by atomic mass is 32.2. The number of nitrogens with zero attached hydrogens (tertiary/aromatic N) is 2. The van der Waals surface area contributed by atoms with Crippen molar-refractivity contribution in [2.24, 2.45) is 5.41 Å². The number of pyridine rings is 1. The Morgan fingerprint density at radius 3 is 2.73 bits per heavy atom. The van der Waals surface area contributed by atoms with E-state index in [4.69, 9.17) is 19.4 Å². The van der Waals surface area contributed by atoms with Crippen LogP contribution >= 0.6 is 0 Å². The lowest BCUT2D eigenvalue weighted by atomic mass is 9.73. The molecule has 1 N–H and O–H groups in total. The van der Waals surface area contributed by atoms with Gasteiger partial charge in [-0.25, -0.2) is 13.2 Å². The number of hydrogen-bond acceptors (Lipinski definition) is 6. The Morgan fingerprint density at radius 1 is 1.47 bits per heavy atom. The fraction of sp³-hybridized carbons (Fsp3) is 0.667. The van der Waals surface area contributed by atoms with Gasteiger partial charge in [-0.15, -0.1) is 0 Å². The van der Waals surface area contributed by atoms with Crippen LogP contribution in [0.3, 0.4) is 0 Å². The minimum absolute atomic E-state index is 0.0862. The number of fused-ring (bicyclic) bond motifs is 1. The third-order valence-corrected chi connectivity index (χ3v) is 6.89. The fourth-order valence-electron chi connectivity index (χ4n) is 3.62. The summed E-state index contributed by atoms with van der Waals surface area (Å²) in [6.07, 6.45) is 0.599. The van der Waals surface area contributed by atoms with Crippen molar-refractivity contribution < 1.29 is 41.0 Å². The second-order valence-corrected chi connectivity index (χ2v) is 9.02. The summed E-state index contributed by atoms with van der Waals surface area (Å²) in [7, 11) is -3.52. The maximum Gasteiger partial charge on any atom is 0.490 e. The Labute approximate surface area is 173 Å². The highest BCUT2D eigenvalue weighted by molar-refractivity contribution is 7.89. The van der Waals surface area contributed by atoms with E-state index >= 15 is 0 Å². The van der Waals surface area contributed by atoms with Crippen molar-refractivity contribution in [3.8, 4) is 0 Å². The van der Waals surface area contributed by atoms with Crippen molar-refractivity contribution >= 4 is 16.0 Å². The number of carboxylic acid groups (broad SMARTS) is 1. The van der Waals surface area contributed by atoms with Crippen molar-refractivity contribution in [3.05, 3.63) is 24.5 Å². The molecule has 0 aromatic carbocycles. The lowest BCUT2D eigenvalue weighted by Crippen LogP contribution is -2.58. The standard InChI is InChI=1S/C16H24N2O4S.C2HF3O2/c1-2-21-13-16-7-4-10-22-15(16)6-9-18(12-16)23(19,20)14-5-3-8-17-11-14;3-2(4,5)1(6)7/h3,5,8,11,15H,2,4,6-7,9-10,12-13H2,1H3;(H,6,7).